The zero-order valence-electron chi connectivity index (χ0n) is 10.3. The van der Waals surface area contributed by atoms with Gasteiger partial charge in [-0.05, 0) is 12.8 Å². The van der Waals surface area contributed by atoms with E-state index in [2.05, 4.69) is 29.1 Å². The first kappa shape index (κ1) is 17.0. The minimum atomic E-state index is -3.02. The van der Waals surface area contributed by atoms with Crippen molar-refractivity contribution in [3.8, 4) is 0 Å². The van der Waals surface area contributed by atoms with Crippen molar-refractivity contribution in [2.24, 2.45) is 0 Å². The van der Waals surface area contributed by atoms with E-state index in [0.717, 1.165) is 18.2 Å². The molecule has 0 aromatic heterocycles. The lowest BCUT2D eigenvalue weighted by molar-refractivity contribution is -0.0108. The smallest absolute Gasteiger partial charge is 0.355 e. The lowest BCUT2D eigenvalue weighted by Crippen LogP contribution is -2.48. The Bertz CT molecular complexity index is 202. The second kappa shape index (κ2) is 11.1. The molecule has 0 unspecified atom stereocenters. The molecule has 0 aliphatic rings. The molecule has 0 spiro atoms. The number of halogens is 1. The van der Waals surface area contributed by atoms with E-state index in [4.69, 9.17) is 17.7 Å². The molecule has 0 aliphatic carbocycles. The van der Waals surface area contributed by atoms with Crippen LogP contribution in [0.3, 0.4) is 0 Å². The lowest BCUT2D eigenvalue weighted by Gasteiger charge is -2.25. The van der Waals surface area contributed by atoms with Gasteiger partial charge in [0.05, 0.1) is 13.2 Å². The van der Waals surface area contributed by atoms with Crippen LogP contribution in [-0.2, 0) is 17.7 Å². The number of unbranched alkanes of at least 4 members (excludes halogenated alkanes) is 1. The van der Waals surface area contributed by atoms with E-state index in [9.17, 15) is 0 Å². The van der Waals surface area contributed by atoms with E-state index in [-0.39, 0.29) is 0 Å². The third-order valence-electron chi connectivity index (χ3n) is 1.81. The first-order valence-corrected chi connectivity index (χ1v) is 8.25. The molecule has 0 heterocycles. The van der Waals surface area contributed by atoms with Crippen molar-refractivity contribution >= 4 is 25.0 Å². The molecule has 0 aliphatic heterocycles. The second-order valence-electron chi connectivity index (χ2n) is 3.15. The average Bonchev–Trinajstić information content (AvgIpc) is 2.37. The van der Waals surface area contributed by atoms with Crippen LogP contribution in [0, 0.1) is 0 Å². The van der Waals surface area contributed by atoms with E-state index in [0.29, 0.717) is 19.8 Å². The second-order valence-corrected chi connectivity index (χ2v) is 6.22. The summed E-state index contributed by atoms with van der Waals surface area (Å²) >= 11 is 3.37. The maximum Gasteiger partial charge on any atom is 0.680 e. The molecule has 0 fully saturated rings. The molecule has 0 rings (SSSR count). The largest absolute Gasteiger partial charge is 0.680 e. The Morgan fingerprint density at radius 1 is 1.06 bits per heavy atom. The molecule has 0 radical (unpaired) electrons. The molecule has 0 amide bonds. The molecule has 100 valence electrons. The molecule has 0 bridgehead atoms. The monoisotopic (exact) mass is 324 g/mol. The lowest BCUT2D eigenvalue weighted by atomic mass is 10.4. The first-order valence-electron chi connectivity index (χ1n) is 5.49. The van der Waals surface area contributed by atoms with E-state index >= 15 is 0 Å². The number of rotatable bonds is 12. The maximum atomic E-state index is 5.64. The molecule has 0 aromatic carbocycles. The van der Waals surface area contributed by atoms with E-state index in [1.165, 1.54) is 7.11 Å². The van der Waals surface area contributed by atoms with E-state index < -0.39 is 9.05 Å². The van der Waals surface area contributed by atoms with Gasteiger partial charge in [-0.2, -0.15) is 0 Å². The summed E-state index contributed by atoms with van der Waals surface area (Å²) in [6.45, 7) is 8.43. The van der Waals surface area contributed by atoms with Gasteiger partial charge in [-0.3, -0.25) is 0 Å². The summed E-state index contributed by atoms with van der Waals surface area (Å²) in [5, 5.41) is 0.957. The van der Waals surface area contributed by atoms with E-state index in [1.807, 2.05) is 0 Å². The Hall–Kier alpha value is 0.0169. The minimum Gasteiger partial charge on any atom is -0.355 e. The normalized spacial score (nSPS) is 11.4. The van der Waals surface area contributed by atoms with Crippen LogP contribution in [0.15, 0.2) is 25.3 Å². The predicted molar refractivity (Wildman–Crippen MR) is 74.0 cm³/mol. The first-order chi connectivity index (χ1) is 8.24. The van der Waals surface area contributed by atoms with Crippen molar-refractivity contribution in [3.63, 3.8) is 0 Å². The quantitative estimate of drug-likeness (QED) is 0.239. The number of hydrogen-bond donors (Lipinski definition) is 0. The van der Waals surface area contributed by atoms with Crippen molar-refractivity contribution in [1.29, 1.82) is 0 Å². The summed E-state index contributed by atoms with van der Waals surface area (Å²) < 4.78 is 21.9. The van der Waals surface area contributed by atoms with Crippen LogP contribution in [0.4, 0.5) is 0 Å². The summed E-state index contributed by atoms with van der Waals surface area (Å²) in [5.41, 5.74) is 0. The molecule has 6 heteroatoms. The predicted octanol–water partition coefficient (Wildman–Crippen LogP) is 2.67. The summed E-state index contributed by atoms with van der Waals surface area (Å²) in [4.78, 5) is 0. The van der Waals surface area contributed by atoms with Crippen molar-refractivity contribution in [3.05, 3.63) is 25.3 Å². The molecular formula is C11H21BrO4Si. The van der Waals surface area contributed by atoms with Gasteiger partial charge in [0.25, 0.3) is 0 Å². The fraction of sp³-hybridized carbons (Fsp3) is 0.636. The molecule has 0 atom stereocenters. The Morgan fingerprint density at radius 3 is 2.06 bits per heavy atom. The Balaban J connectivity index is 4.21. The van der Waals surface area contributed by atoms with Crippen LogP contribution in [0.1, 0.15) is 12.8 Å². The number of alkyl halides is 1. The van der Waals surface area contributed by atoms with Crippen molar-refractivity contribution in [2.45, 2.75) is 12.8 Å². The SMILES string of the molecule is C=CCO[Si](OC)(OCC=C)OCCCCBr. The summed E-state index contributed by atoms with van der Waals surface area (Å²) in [5.74, 6) is 0. The Kier molecular flexibility index (Phi) is 11.1. The van der Waals surface area contributed by atoms with Gasteiger partial charge in [0.1, 0.15) is 0 Å². The number of hydrogen-bond acceptors (Lipinski definition) is 4. The molecule has 17 heavy (non-hydrogen) atoms. The maximum absolute atomic E-state index is 5.64. The Morgan fingerprint density at radius 2 is 1.65 bits per heavy atom. The van der Waals surface area contributed by atoms with Crippen molar-refractivity contribution < 1.29 is 17.7 Å². The highest BCUT2D eigenvalue weighted by Crippen LogP contribution is 2.12. The van der Waals surface area contributed by atoms with Gasteiger partial charge in [-0.15, -0.1) is 13.2 Å². The van der Waals surface area contributed by atoms with Gasteiger partial charge in [0, 0.05) is 19.0 Å². The van der Waals surface area contributed by atoms with Crippen LogP contribution in [0.25, 0.3) is 0 Å². The van der Waals surface area contributed by atoms with E-state index in [1.54, 1.807) is 12.2 Å². The molecule has 0 N–H and O–H groups in total. The third kappa shape index (κ3) is 7.85. The fourth-order valence-corrected chi connectivity index (χ4v) is 3.06. The molecule has 0 aromatic rings. The Labute approximate surface area is 113 Å². The molecule has 0 saturated carbocycles. The summed E-state index contributed by atoms with van der Waals surface area (Å²) in [6.07, 6.45) is 5.25. The highest BCUT2D eigenvalue weighted by atomic mass is 79.9. The summed E-state index contributed by atoms with van der Waals surface area (Å²) in [7, 11) is -1.49. The topological polar surface area (TPSA) is 36.9 Å². The fourth-order valence-electron chi connectivity index (χ4n) is 1.02. The van der Waals surface area contributed by atoms with Crippen molar-refractivity contribution in [1.82, 2.24) is 0 Å². The highest BCUT2D eigenvalue weighted by molar-refractivity contribution is 9.09. The van der Waals surface area contributed by atoms with Gasteiger partial charge in [-0.1, -0.05) is 28.1 Å². The highest BCUT2D eigenvalue weighted by Gasteiger charge is 2.44. The van der Waals surface area contributed by atoms with Crippen LogP contribution in [0.2, 0.25) is 0 Å². The molecule has 0 saturated heterocycles. The van der Waals surface area contributed by atoms with Gasteiger partial charge in [-0.25, -0.2) is 0 Å². The zero-order chi connectivity index (χ0) is 13.0. The van der Waals surface area contributed by atoms with Gasteiger partial charge >= 0.3 is 9.05 Å². The molecule has 4 nitrogen and oxygen atoms in total. The van der Waals surface area contributed by atoms with Crippen LogP contribution in [0.5, 0.6) is 0 Å². The van der Waals surface area contributed by atoms with Gasteiger partial charge in [0.15, 0.2) is 0 Å². The molecular weight excluding hydrogens is 304 g/mol. The average molecular weight is 325 g/mol. The van der Waals surface area contributed by atoms with Gasteiger partial charge in [0.2, 0.25) is 0 Å². The third-order valence-corrected chi connectivity index (χ3v) is 4.47. The van der Waals surface area contributed by atoms with Crippen LogP contribution >= 0.6 is 15.9 Å². The minimum absolute atomic E-state index is 0.343. The zero-order valence-corrected chi connectivity index (χ0v) is 12.9. The van der Waals surface area contributed by atoms with Crippen LogP contribution in [-0.4, -0.2) is 41.3 Å². The van der Waals surface area contributed by atoms with Gasteiger partial charge < -0.3 is 17.7 Å². The summed E-state index contributed by atoms with van der Waals surface area (Å²) in [6, 6.07) is 0. The standard InChI is InChI=1S/C11H21BrO4Si/c1-4-9-14-17(13-3,15-10-5-2)16-11-7-6-8-12/h4-5H,1-2,6-11H2,3H3. The van der Waals surface area contributed by atoms with Crippen molar-refractivity contribution in [2.75, 3.05) is 32.3 Å². The van der Waals surface area contributed by atoms with Crippen LogP contribution < -0.4 is 0 Å².